The normalized spacial score (nSPS) is 14.6. The molecule has 1 aliphatic rings. The van der Waals surface area contributed by atoms with Crippen LogP contribution in [0.25, 0.3) is 0 Å². The van der Waals surface area contributed by atoms with Gasteiger partial charge in [-0.3, -0.25) is 14.4 Å². The number of benzene rings is 1. The molecular weight excluding hydrogens is 248 g/mol. The number of rotatable bonds is 3. The fourth-order valence-electron chi connectivity index (χ4n) is 1.82. The van der Waals surface area contributed by atoms with Crippen molar-refractivity contribution in [3.63, 3.8) is 0 Å². The molecule has 1 N–H and O–H groups in total. The molecule has 0 radical (unpaired) electrons. The van der Waals surface area contributed by atoms with Crippen molar-refractivity contribution in [1.82, 2.24) is 10.4 Å². The maximum absolute atomic E-state index is 12.0. The first-order valence-electron chi connectivity index (χ1n) is 5.77. The van der Waals surface area contributed by atoms with Crippen LogP contribution in [0.3, 0.4) is 0 Å². The number of carbonyl (C=O) groups excluding carboxylic acids is 3. The predicted molar refractivity (Wildman–Crippen MR) is 66.2 cm³/mol. The molecule has 100 valence electrons. The molecule has 3 amide bonds. The minimum Gasteiger partial charge on any atom is -0.357 e. The number of hydroxylamine groups is 2. The Balaban J connectivity index is 2.28. The highest BCUT2D eigenvalue weighted by Gasteiger charge is 2.42. The highest BCUT2D eigenvalue weighted by atomic mass is 16.7. The lowest BCUT2D eigenvalue weighted by Crippen LogP contribution is -2.48. The first kappa shape index (κ1) is 13.2. The van der Waals surface area contributed by atoms with Gasteiger partial charge in [0.15, 0.2) is 5.60 Å². The second kappa shape index (κ2) is 4.47. The zero-order valence-corrected chi connectivity index (χ0v) is 10.9. The minimum absolute atomic E-state index is 0.278. The molecule has 0 aliphatic carbocycles. The molecule has 1 aromatic rings. The van der Waals surface area contributed by atoms with E-state index < -0.39 is 23.3 Å². The van der Waals surface area contributed by atoms with Crippen LogP contribution in [-0.2, 0) is 9.63 Å². The number of fused-ring (bicyclic) bond motifs is 1. The second-order valence-corrected chi connectivity index (χ2v) is 4.63. The number of nitrogens with zero attached hydrogens (tertiary/aromatic N) is 1. The van der Waals surface area contributed by atoms with Crippen LogP contribution in [0.5, 0.6) is 0 Å². The van der Waals surface area contributed by atoms with Crippen molar-refractivity contribution in [1.29, 1.82) is 0 Å². The summed E-state index contributed by atoms with van der Waals surface area (Å²) >= 11 is 0. The van der Waals surface area contributed by atoms with Crippen LogP contribution in [0.2, 0.25) is 0 Å². The standard InChI is InChI=1S/C13H14N2O4/c1-13(2,12(18)14-3)19-15-10(16)8-6-4-5-7-9(8)11(15)17/h4-7H,1-3H3,(H,14,18). The summed E-state index contributed by atoms with van der Waals surface area (Å²) in [5.41, 5.74) is -0.761. The largest absolute Gasteiger partial charge is 0.357 e. The van der Waals surface area contributed by atoms with Gasteiger partial charge in [-0.15, -0.1) is 5.06 Å². The van der Waals surface area contributed by atoms with E-state index in [9.17, 15) is 14.4 Å². The van der Waals surface area contributed by atoms with Gasteiger partial charge in [0, 0.05) is 7.05 Å². The lowest BCUT2D eigenvalue weighted by molar-refractivity contribution is -0.185. The van der Waals surface area contributed by atoms with Gasteiger partial charge in [0.05, 0.1) is 11.1 Å². The molecule has 1 heterocycles. The van der Waals surface area contributed by atoms with Gasteiger partial charge in [0.1, 0.15) is 0 Å². The van der Waals surface area contributed by atoms with E-state index in [0.717, 1.165) is 0 Å². The maximum atomic E-state index is 12.0. The molecular formula is C13H14N2O4. The molecule has 1 aliphatic heterocycles. The van der Waals surface area contributed by atoms with E-state index in [4.69, 9.17) is 4.84 Å². The van der Waals surface area contributed by atoms with Crippen LogP contribution in [0.1, 0.15) is 34.6 Å². The number of hydrogen-bond acceptors (Lipinski definition) is 4. The van der Waals surface area contributed by atoms with Gasteiger partial charge in [-0.05, 0) is 26.0 Å². The molecule has 0 atom stereocenters. The highest BCUT2D eigenvalue weighted by molar-refractivity contribution is 6.20. The van der Waals surface area contributed by atoms with Crippen LogP contribution in [-0.4, -0.2) is 35.4 Å². The topological polar surface area (TPSA) is 75.7 Å². The Labute approximate surface area is 110 Å². The van der Waals surface area contributed by atoms with Gasteiger partial charge in [0.25, 0.3) is 17.7 Å². The first-order chi connectivity index (χ1) is 8.88. The van der Waals surface area contributed by atoms with E-state index in [1.807, 2.05) is 0 Å². The van der Waals surface area contributed by atoms with Gasteiger partial charge in [-0.1, -0.05) is 12.1 Å². The van der Waals surface area contributed by atoms with E-state index in [1.165, 1.54) is 20.9 Å². The van der Waals surface area contributed by atoms with Crippen molar-refractivity contribution in [2.24, 2.45) is 0 Å². The van der Waals surface area contributed by atoms with Crippen molar-refractivity contribution in [3.8, 4) is 0 Å². The third-order valence-corrected chi connectivity index (χ3v) is 2.85. The molecule has 19 heavy (non-hydrogen) atoms. The molecule has 6 heteroatoms. The molecule has 0 saturated heterocycles. The van der Waals surface area contributed by atoms with E-state index >= 15 is 0 Å². The third kappa shape index (κ3) is 2.10. The van der Waals surface area contributed by atoms with Crippen LogP contribution in [0, 0.1) is 0 Å². The van der Waals surface area contributed by atoms with Gasteiger partial charge < -0.3 is 5.32 Å². The first-order valence-corrected chi connectivity index (χ1v) is 5.77. The van der Waals surface area contributed by atoms with Crippen molar-refractivity contribution in [3.05, 3.63) is 35.4 Å². The van der Waals surface area contributed by atoms with E-state index in [1.54, 1.807) is 24.3 Å². The summed E-state index contributed by atoms with van der Waals surface area (Å²) in [5, 5.41) is 3.06. The zero-order valence-electron chi connectivity index (χ0n) is 10.9. The number of imide groups is 1. The van der Waals surface area contributed by atoms with E-state index in [2.05, 4.69) is 5.32 Å². The number of amides is 3. The Bertz CT molecular complexity index is 531. The molecule has 0 fully saturated rings. The minimum atomic E-state index is -1.32. The van der Waals surface area contributed by atoms with E-state index in [-0.39, 0.29) is 11.1 Å². The fraction of sp³-hybridized carbons (Fsp3) is 0.308. The number of hydrogen-bond donors (Lipinski definition) is 1. The predicted octanol–water partition coefficient (Wildman–Crippen LogP) is 0.739. The molecule has 0 spiro atoms. The van der Waals surface area contributed by atoms with Crippen LogP contribution < -0.4 is 5.32 Å². The summed E-state index contributed by atoms with van der Waals surface area (Å²) in [6.45, 7) is 2.96. The summed E-state index contributed by atoms with van der Waals surface area (Å²) in [6.07, 6.45) is 0. The average molecular weight is 262 g/mol. The van der Waals surface area contributed by atoms with Crippen LogP contribution in [0.15, 0.2) is 24.3 Å². The van der Waals surface area contributed by atoms with Crippen molar-refractivity contribution in [2.75, 3.05) is 7.05 Å². The lowest BCUT2D eigenvalue weighted by atomic mass is 10.1. The molecule has 0 aromatic heterocycles. The summed E-state index contributed by atoms with van der Waals surface area (Å²) < 4.78 is 0. The van der Waals surface area contributed by atoms with Crippen LogP contribution >= 0.6 is 0 Å². The molecule has 6 nitrogen and oxygen atoms in total. The summed E-state index contributed by atoms with van der Waals surface area (Å²) in [6, 6.07) is 6.42. The highest BCUT2D eigenvalue weighted by Crippen LogP contribution is 2.25. The molecule has 0 saturated carbocycles. The summed E-state index contributed by atoms with van der Waals surface area (Å²) in [4.78, 5) is 41.0. The SMILES string of the molecule is CNC(=O)C(C)(C)ON1C(=O)c2ccccc2C1=O. The molecule has 0 unspecified atom stereocenters. The van der Waals surface area contributed by atoms with Crippen molar-refractivity contribution >= 4 is 17.7 Å². The fourth-order valence-corrected chi connectivity index (χ4v) is 1.82. The summed E-state index contributed by atoms with van der Waals surface area (Å²) in [7, 11) is 1.45. The number of carbonyl (C=O) groups is 3. The van der Waals surface area contributed by atoms with E-state index in [0.29, 0.717) is 5.06 Å². The Kier molecular flexibility index (Phi) is 3.11. The quantitative estimate of drug-likeness (QED) is 0.815. The van der Waals surface area contributed by atoms with Crippen LogP contribution in [0.4, 0.5) is 0 Å². The van der Waals surface area contributed by atoms with Gasteiger partial charge in [-0.2, -0.15) is 0 Å². The van der Waals surface area contributed by atoms with Crippen molar-refractivity contribution < 1.29 is 19.2 Å². The molecule has 0 bridgehead atoms. The summed E-state index contributed by atoms with van der Waals surface area (Å²) in [5.74, 6) is -1.54. The Hall–Kier alpha value is -2.21. The van der Waals surface area contributed by atoms with Gasteiger partial charge in [-0.25, -0.2) is 4.84 Å². The second-order valence-electron chi connectivity index (χ2n) is 4.63. The molecule has 2 rings (SSSR count). The zero-order chi connectivity index (χ0) is 14.2. The Morgan fingerprint density at radius 2 is 1.63 bits per heavy atom. The van der Waals surface area contributed by atoms with Crippen molar-refractivity contribution in [2.45, 2.75) is 19.4 Å². The van der Waals surface area contributed by atoms with Gasteiger partial charge >= 0.3 is 0 Å². The average Bonchev–Trinajstić information content (AvgIpc) is 2.63. The monoisotopic (exact) mass is 262 g/mol. The lowest BCUT2D eigenvalue weighted by Gasteiger charge is -2.26. The number of likely N-dealkylation sites (N-methyl/N-ethyl adjacent to an activating group) is 1. The smallest absolute Gasteiger partial charge is 0.285 e. The number of nitrogens with one attached hydrogen (secondary N) is 1. The Morgan fingerprint density at radius 3 is 2.05 bits per heavy atom. The molecule has 1 aromatic carbocycles. The Morgan fingerprint density at radius 1 is 1.16 bits per heavy atom. The third-order valence-electron chi connectivity index (χ3n) is 2.85. The van der Waals surface area contributed by atoms with Gasteiger partial charge in [0.2, 0.25) is 0 Å². The maximum Gasteiger partial charge on any atom is 0.285 e.